The first-order valence-electron chi connectivity index (χ1n) is 11.8. The van der Waals surface area contributed by atoms with Gasteiger partial charge in [0.15, 0.2) is 0 Å². The molecule has 5 aromatic heterocycles. The highest BCUT2D eigenvalue weighted by atomic mass is 32.1. The number of aromatic amines is 1. The molecule has 2 N–H and O–H groups in total. The summed E-state index contributed by atoms with van der Waals surface area (Å²) in [5.41, 5.74) is 2.99. The van der Waals surface area contributed by atoms with Gasteiger partial charge in [-0.3, -0.25) is 19.5 Å². The Balaban J connectivity index is 1.33. The number of hydrogen-bond acceptors (Lipinski definition) is 8. The smallest absolute Gasteiger partial charge is 0.261 e. The predicted molar refractivity (Wildman–Crippen MR) is 140 cm³/mol. The van der Waals surface area contributed by atoms with Crippen LogP contribution < -0.4 is 15.6 Å². The number of nitrogens with zero attached hydrogens (tertiary/aromatic N) is 5. The molecule has 1 aliphatic rings. The van der Waals surface area contributed by atoms with Gasteiger partial charge in [-0.2, -0.15) is 5.10 Å². The van der Waals surface area contributed by atoms with Crippen LogP contribution in [-0.4, -0.2) is 61.6 Å². The zero-order valence-corrected chi connectivity index (χ0v) is 21.0. The molecule has 1 fully saturated rings. The van der Waals surface area contributed by atoms with Crippen LogP contribution in [0.5, 0.6) is 5.88 Å². The van der Waals surface area contributed by atoms with Crippen LogP contribution in [0.1, 0.15) is 20.8 Å². The van der Waals surface area contributed by atoms with Crippen molar-refractivity contribution in [2.75, 3.05) is 31.6 Å². The Morgan fingerprint density at radius 2 is 2.11 bits per heavy atom. The Hall–Kier alpha value is -3.83. The third-order valence-corrected chi connectivity index (χ3v) is 7.30. The molecule has 0 bridgehead atoms. The Bertz CT molecular complexity index is 1690. The summed E-state index contributed by atoms with van der Waals surface area (Å²) in [5.74, 6) is 0.439. The van der Waals surface area contributed by atoms with Gasteiger partial charge in [0.1, 0.15) is 21.3 Å². The number of amides is 1. The number of carbonyl (C=O) groups is 1. The first-order chi connectivity index (χ1) is 17.3. The van der Waals surface area contributed by atoms with Gasteiger partial charge in [0, 0.05) is 25.5 Å². The van der Waals surface area contributed by atoms with Gasteiger partial charge in [0.2, 0.25) is 11.8 Å². The van der Waals surface area contributed by atoms with Gasteiger partial charge in [0.05, 0.1) is 41.0 Å². The lowest BCUT2D eigenvalue weighted by molar-refractivity contribution is -0.120. The van der Waals surface area contributed by atoms with Crippen LogP contribution in [0.15, 0.2) is 41.6 Å². The van der Waals surface area contributed by atoms with Crippen molar-refractivity contribution in [2.45, 2.75) is 20.8 Å². The minimum atomic E-state index is -0.259. The van der Waals surface area contributed by atoms with Gasteiger partial charge in [-0.25, -0.2) is 9.50 Å². The molecule has 0 spiro atoms. The first-order valence-corrected chi connectivity index (χ1v) is 12.6. The molecule has 0 saturated carbocycles. The number of likely N-dealkylation sites (tertiary alicyclic amines) is 1. The van der Waals surface area contributed by atoms with E-state index in [1.165, 1.54) is 11.3 Å². The molecule has 184 valence electrons. The van der Waals surface area contributed by atoms with Crippen LogP contribution in [0.2, 0.25) is 0 Å². The fraction of sp³-hybridized carbons (Fsp3) is 0.320. The third-order valence-electron chi connectivity index (χ3n) is 6.17. The number of fused-ring (bicyclic) bond motifs is 5. The van der Waals surface area contributed by atoms with Gasteiger partial charge in [-0.1, -0.05) is 13.8 Å². The van der Waals surface area contributed by atoms with Crippen molar-refractivity contribution in [3.05, 3.63) is 47.1 Å². The summed E-state index contributed by atoms with van der Waals surface area (Å²) in [6, 6.07) is 5.51. The number of H-pyrrole nitrogens is 1. The number of rotatable bonds is 6. The van der Waals surface area contributed by atoms with Crippen LogP contribution in [-0.2, 0) is 4.79 Å². The molecule has 6 heterocycles. The van der Waals surface area contributed by atoms with E-state index in [1.807, 2.05) is 25.3 Å². The maximum atomic E-state index is 13.1. The second-order valence-electron chi connectivity index (χ2n) is 9.79. The second kappa shape index (κ2) is 8.38. The van der Waals surface area contributed by atoms with Gasteiger partial charge in [-0.05, 0) is 30.5 Å². The molecule has 1 saturated heterocycles. The standard InChI is InChI=1S/C25H25N7O3S/c1-4-35-23-15(6-5-7-26-23)17-10-32-24(36-17)19-21(30-32)20-16(29-22(19)34)8-14(9-27-20)28-18(33)11-31-12-25(2,3)13-31/h5-10H,4,11-13H2,1-3H3,(H,28,33)(H,29,34). The highest BCUT2D eigenvalue weighted by Crippen LogP contribution is 2.36. The van der Waals surface area contributed by atoms with Crippen molar-refractivity contribution in [3.63, 3.8) is 0 Å². The minimum Gasteiger partial charge on any atom is -0.477 e. The van der Waals surface area contributed by atoms with Crippen molar-refractivity contribution in [2.24, 2.45) is 5.41 Å². The molecule has 6 rings (SSSR count). The lowest BCUT2D eigenvalue weighted by atomic mass is 9.84. The molecular weight excluding hydrogens is 478 g/mol. The lowest BCUT2D eigenvalue weighted by Gasteiger charge is -2.45. The van der Waals surface area contributed by atoms with Crippen molar-refractivity contribution >= 4 is 49.7 Å². The van der Waals surface area contributed by atoms with E-state index in [0.717, 1.165) is 23.5 Å². The van der Waals surface area contributed by atoms with E-state index in [0.29, 0.717) is 51.5 Å². The van der Waals surface area contributed by atoms with E-state index in [9.17, 15) is 9.59 Å². The number of nitrogens with one attached hydrogen (secondary N) is 2. The molecule has 0 aromatic carbocycles. The fourth-order valence-corrected chi connectivity index (χ4v) is 5.96. The number of thiazole rings is 1. The number of ether oxygens (including phenoxy) is 1. The summed E-state index contributed by atoms with van der Waals surface area (Å²) in [6.07, 6.45) is 5.16. The highest BCUT2D eigenvalue weighted by molar-refractivity contribution is 7.21. The van der Waals surface area contributed by atoms with E-state index in [2.05, 4.69) is 44.1 Å². The van der Waals surface area contributed by atoms with Crippen LogP contribution in [0, 0.1) is 5.41 Å². The third kappa shape index (κ3) is 3.90. The molecule has 36 heavy (non-hydrogen) atoms. The summed E-state index contributed by atoms with van der Waals surface area (Å²) < 4.78 is 7.37. The average Bonchev–Trinajstić information content (AvgIpc) is 3.37. The van der Waals surface area contributed by atoms with Gasteiger partial charge < -0.3 is 15.0 Å². The maximum absolute atomic E-state index is 13.1. The summed E-state index contributed by atoms with van der Waals surface area (Å²) >= 11 is 1.44. The number of carbonyl (C=O) groups excluding carboxylic acids is 1. The van der Waals surface area contributed by atoms with E-state index >= 15 is 0 Å². The van der Waals surface area contributed by atoms with Gasteiger partial charge >= 0.3 is 0 Å². The van der Waals surface area contributed by atoms with E-state index < -0.39 is 0 Å². The number of anilines is 1. The Labute approximate surface area is 209 Å². The van der Waals surface area contributed by atoms with Crippen LogP contribution in [0.3, 0.4) is 0 Å². The van der Waals surface area contributed by atoms with Crippen molar-refractivity contribution in [3.8, 4) is 16.3 Å². The summed E-state index contributed by atoms with van der Waals surface area (Å²) in [5, 5.41) is 8.04. The summed E-state index contributed by atoms with van der Waals surface area (Å²) in [6.45, 7) is 8.91. The van der Waals surface area contributed by atoms with Crippen molar-refractivity contribution in [1.29, 1.82) is 0 Å². The fourth-order valence-electron chi connectivity index (χ4n) is 4.85. The van der Waals surface area contributed by atoms with Crippen LogP contribution in [0.25, 0.3) is 37.2 Å². The number of aromatic nitrogens is 5. The Morgan fingerprint density at radius 1 is 1.28 bits per heavy atom. The van der Waals surface area contributed by atoms with E-state index in [4.69, 9.17) is 4.74 Å². The van der Waals surface area contributed by atoms with Crippen LogP contribution in [0.4, 0.5) is 5.69 Å². The summed E-state index contributed by atoms with van der Waals surface area (Å²) in [7, 11) is 0. The highest BCUT2D eigenvalue weighted by Gasteiger charge is 2.34. The first kappa shape index (κ1) is 22.6. The number of pyridine rings is 3. The lowest BCUT2D eigenvalue weighted by Crippen LogP contribution is -2.54. The second-order valence-corrected chi connectivity index (χ2v) is 10.8. The Morgan fingerprint density at radius 3 is 2.89 bits per heavy atom. The molecule has 0 atom stereocenters. The molecule has 5 aromatic rings. The molecule has 1 amide bonds. The largest absolute Gasteiger partial charge is 0.477 e. The zero-order chi connectivity index (χ0) is 25.0. The maximum Gasteiger partial charge on any atom is 0.261 e. The molecule has 10 nitrogen and oxygen atoms in total. The molecular formula is C25H25N7O3S. The number of hydrogen-bond donors (Lipinski definition) is 2. The van der Waals surface area contributed by atoms with Crippen molar-refractivity contribution < 1.29 is 9.53 Å². The van der Waals surface area contributed by atoms with E-state index in [-0.39, 0.29) is 16.9 Å². The van der Waals surface area contributed by atoms with Gasteiger partial charge in [0.25, 0.3) is 5.56 Å². The van der Waals surface area contributed by atoms with Crippen molar-refractivity contribution in [1.82, 2.24) is 29.5 Å². The zero-order valence-electron chi connectivity index (χ0n) is 20.2. The van der Waals surface area contributed by atoms with Gasteiger partial charge in [-0.15, -0.1) is 11.3 Å². The topological polar surface area (TPSA) is 118 Å². The summed E-state index contributed by atoms with van der Waals surface area (Å²) in [4.78, 5) is 41.1. The van der Waals surface area contributed by atoms with E-state index in [1.54, 1.807) is 23.0 Å². The Kier molecular flexibility index (Phi) is 5.27. The predicted octanol–water partition coefficient (Wildman–Crippen LogP) is 3.53. The SMILES string of the molecule is CCOc1ncccc1-c1cn2nc3c4ncc(NC(=O)CN5CC(C)(C)C5)cc4[nH]c(=O)c3c2s1. The molecule has 1 aliphatic heterocycles. The minimum absolute atomic E-state index is 0.105. The molecule has 0 aliphatic carbocycles. The normalized spacial score (nSPS) is 15.4. The average molecular weight is 504 g/mol. The van der Waals surface area contributed by atoms with Crippen LogP contribution >= 0.6 is 11.3 Å². The monoisotopic (exact) mass is 503 g/mol. The quantitative estimate of drug-likeness (QED) is 0.364. The molecule has 0 unspecified atom stereocenters. The molecule has 0 radical (unpaired) electrons. The molecule has 11 heteroatoms.